The van der Waals surface area contributed by atoms with Gasteiger partial charge in [0.2, 0.25) is 0 Å². The summed E-state index contributed by atoms with van der Waals surface area (Å²) in [7, 11) is 4.34. The highest BCUT2D eigenvalue weighted by molar-refractivity contribution is 5.54. The molecule has 1 fully saturated rings. The van der Waals surface area contributed by atoms with Gasteiger partial charge in [-0.2, -0.15) is 0 Å². The first kappa shape index (κ1) is 14.4. The highest BCUT2D eigenvalue weighted by Crippen LogP contribution is 2.28. The zero-order valence-corrected chi connectivity index (χ0v) is 12.3. The lowest BCUT2D eigenvalue weighted by Crippen LogP contribution is -2.37. The molecule has 0 bridgehead atoms. The molecule has 0 saturated carbocycles. The van der Waals surface area contributed by atoms with Crippen LogP contribution in [0, 0.1) is 0 Å². The van der Waals surface area contributed by atoms with E-state index in [4.69, 9.17) is 0 Å². The summed E-state index contributed by atoms with van der Waals surface area (Å²) in [5.41, 5.74) is 2.21. The number of hydrogen-bond acceptors (Lipinski definition) is 3. The van der Waals surface area contributed by atoms with Crippen molar-refractivity contribution in [2.24, 2.45) is 0 Å². The summed E-state index contributed by atoms with van der Waals surface area (Å²) in [4.78, 5) is 4.73. The standard InChI is InChI=1S/C16H26N2O/c1-4-16(19)14-9-5-6-10-15(14)18(3)12-13-8-7-11-17(13)2/h5-6,9-10,13,16,19H,4,7-8,11-12H2,1-3H3. The second kappa shape index (κ2) is 6.40. The van der Waals surface area contributed by atoms with Gasteiger partial charge in [0.15, 0.2) is 0 Å². The summed E-state index contributed by atoms with van der Waals surface area (Å²) in [6.45, 7) is 4.26. The average Bonchev–Trinajstić information content (AvgIpc) is 2.83. The van der Waals surface area contributed by atoms with Gasteiger partial charge in [0.1, 0.15) is 0 Å². The molecule has 2 atom stereocenters. The van der Waals surface area contributed by atoms with Gasteiger partial charge in [-0.1, -0.05) is 25.1 Å². The van der Waals surface area contributed by atoms with Crippen molar-refractivity contribution in [1.29, 1.82) is 0 Å². The van der Waals surface area contributed by atoms with Gasteiger partial charge in [0.25, 0.3) is 0 Å². The van der Waals surface area contributed by atoms with E-state index in [2.05, 4.69) is 36.0 Å². The number of para-hydroxylation sites is 1. The van der Waals surface area contributed by atoms with E-state index in [-0.39, 0.29) is 6.10 Å². The van der Waals surface area contributed by atoms with Crippen molar-refractivity contribution in [3.05, 3.63) is 29.8 Å². The van der Waals surface area contributed by atoms with Gasteiger partial charge in [-0.3, -0.25) is 0 Å². The van der Waals surface area contributed by atoms with E-state index < -0.39 is 0 Å². The molecule has 1 aromatic carbocycles. The Morgan fingerprint density at radius 1 is 1.42 bits per heavy atom. The lowest BCUT2D eigenvalue weighted by molar-refractivity contribution is 0.174. The maximum Gasteiger partial charge on any atom is 0.0807 e. The van der Waals surface area contributed by atoms with Gasteiger partial charge in [0.05, 0.1) is 6.10 Å². The molecule has 2 rings (SSSR count). The second-order valence-electron chi connectivity index (χ2n) is 5.64. The predicted molar refractivity (Wildman–Crippen MR) is 80.6 cm³/mol. The fraction of sp³-hybridized carbons (Fsp3) is 0.625. The molecule has 0 spiro atoms. The molecule has 1 saturated heterocycles. The van der Waals surface area contributed by atoms with Crippen LogP contribution in [0.2, 0.25) is 0 Å². The van der Waals surface area contributed by atoms with Crippen LogP contribution in [0.5, 0.6) is 0 Å². The van der Waals surface area contributed by atoms with E-state index in [0.29, 0.717) is 6.04 Å². The number of aliphatic hydroxyl groups excluding tert-OH is 1. The van der Waals surface area contributed by atoms with Gasteiger partial charge < -0.3 is 14.9 Å². The maximum atomic E-state index is 10.1. The third kappa shape index (κ3) is 3.28. The summed E-state index contributed by atoms with van der Waals surface area (Å²) in [6.07, 6.45) is 2.97. The Balaban J connectivity index is 2.12. The Hall–Kier alpha value is -1.06. The Bertz CT molecular complexity index is 407. The van der Waals surface area contributed by atoms with Gasteiger partial charge in [0, 0.05) is 30.9 Å². The molecule has 19 heavy (non-hydrogen) atoms. The first-order chi connectivity index (χ1) is 9.13. The van der Waals surface area contributed by atoms with Crippen LogP contribution in [-0.4, -0.2) is 43.2 Å². The lowest BCUT2D eigenvalue weighted by atomic mass is 10.0. The molecule has 2 unspecified atom stereocenters. The number of rotatable bonds is 5. The van der Waals surface area contributed by atoms with Crippen molar-refractivity contribution in [1.82, 2.24) is 4.90 Å². The molecule has 106 valence electrons. The molecular weight excluding hydrogens is 236 g/mol. The largest absolute Gasteiger partial charge is 0.388 e. The van der Waals surface area contributed by atoms with Crippen LogP contribution in [0.1, 0.15) is 37.9 Å². The molecule has 3 nitrogen and oxygen atoms in total. The van der Waals surface area contributed by atoms with E-state index in [1.54, 1.807) is 0 Å². The fourth-order valence-electron chi connectivity index (χ4n) is 2.96. The summed E-state index contributed by atoms with van der Waals surface area (Å²) < 4.78 is 0. The van der Waals surface area contributed by atoms with Crippen LogP contribution in [0.3, 0.4) is 0 Å². The molecule has 0 aromatic heterocycles. The molecule has 3 heteroatoms. The van der Waals surface area contributed by atoms with Crippen LogP contribution in [0.4, 0.5) is 5.69 Å². The highest BCUT2D eigenvalue weighted by atomic mass is 16.3. The summed E-state index contributed by atoms with van der Waals surface area (Å²) in [5, 5.41) is 10.1. The van der Waals surface area contributed by atoms with Gasteiger partial charge in [-0.25, -0.2) is 0 Å². The van der Waals surface area contributed by atoms with Crippen LogP contribution in [0.25, 0.3) is 0 Å². The van der Waals surface area contributed by atoms with Crippen LogP contribution in [-0.2, 0) is 0 Å². The van der Waals surface area contributed by atoms with Crippen LogP contribution < -0.4 is 4.90 Å². The van der Waals surface area contributed by atoms with Crippen molar-refractivity contribution < 1.29 is 5.11 Å². The smallest absolute Gasteiger partial charge is 0.0807 e. The molecule has 1 N–H and O–H groups in total. The number of anilines is 1. The Morgan fingerprint density at radius 2 is 2.16 bits per heavy atom. The molecule has 1 heterocycles. The maximum absolute atomic E-state index is 10.1. The van der Waals surface area contributed by atoms with Crippen molar-refractivity contribution in [2.45, 2.75) is 38.3 Å². The number of aliphatic hydroxyl groups is 1. The van der Waals surface area contributed by atoms with Crippen molar-refractivity contribution in [3.8, 4) is 0 Å². The van der Waals surface area contributed by atoms with Crippen LogP contribution in [0.15, 0.2) is 24.3 Å². The Labute approximate surface area is 116 Å². The topological polar surface area (TPSA) is 26.7 Å². The SMILES string of the molecule is CCC(O)c1ccccc1N(C)CC1CCCN1C. The van der Waals surface area contributed by atoms with Crippen molar-refractivity contribution >= 4 is 5.69 Å². The average molecular weight is 262 g/mol. The molecule has 0 amide bonds. The van der Waals surface area contributed by atoms with Gasteiger partial charge in [-0.05, 0) is 38.9 Å². The Kier molecular flexibility index (Phi) is 4.83. The first-order valence-corrected chi connectivity index (χ1v) is 7.31. The molecule has 0 aliphatic carbocycles. The highest BCUT2D eigenvalue weighted by Gasteiger charge is 2.23. The van der Waals surface area contributed by atoms with E-state index in [1.807, 2.05) is 19.1 Å². The predicted octanol–water partition coefficient (Wildman–Crippen LogP) is 2.66. The molecular formula is C16H26N2O. The third-order valence-corrected chi connectivity index (χ3v) is 4.25. The normalized spacial score (nSPS) is 21.6. The third-order valence-electron chi connectivity index (χ3n) is 4.25. The van der Waals surface area contributed by atoms with Gasteiger partial charge in [-0.15, -0.1) is 0 Å². The van der Waals surface area contributed by atoms with Gasteiger partial charge >= 0.3 is 0 Å². The molecule has 0 radical (unpaired) electrons. The fourth-order valence-corrected chi connectivity index (χ4v) is 2.96. The number of likely N-dealkylation sites (N-methyl/N-ethyl adjacent to an activating group) is 2. The number of likely N-dealkylation sites (tertiary alicyclic amines) is 1. The van der Waals surface area contributed by atoms with Crippen LogP contribution >= 0.6 is 0 Å². The molecule has 1 aliphatic rings. The molecule has 1 aromatic rings. The Morgan fingerprint density at radius 3 is 2.79 bits per heavy atom. The number of nitrogens with zero attached hydrogens (tertiary/aromatic N) is 2. The second-order valence-corrected chi connectivity index (χ2v) is 5.64. The molecule has 1 aliphatic heterocycles. The monoisotopic (exact) mass is 262 g/mol. The summed E-state index contributed by atoms with van der Waals surface area (Å²) in [5.74, 6) is 0. The minimum absolute atomic E-state index is 0.361. The minimum Gasteiger partial charge on any atom is -0.388 e. The van der Waals surface area contributed by atoms with E-state index in [0.717, 1.165) is 24.2 Å². The number of hydrogen-bond donors (Lipinski definition) is 1. The zero-order chi connectivity index (χ0) is 13.8. The lowest BCUT2D eigenvalue weighted by Gasteiger charge is -2.29. The van der Waals surface area contributed by atoms with E-state index >= 15 is 0 Å². The van der Waals surface area contributed by atoms with Crippen molar-refractivity contribution in [2.75, 3.05) is 32.1 Å². The number of benzene rings is 1. The van der Waals surface area contributed by atoms with E-state index in [9.17, 15) is 5.11 Å². The quantitative estimate of drug-likeness (QED) is 0.884. The zero-order valence-electron chi connectivity index (χ0n) is 12.3. The summed E-state index contributed by atoms with van der Waals surface area (Å²) in [6, 6.07) is 8.85. The minimum atomic E-state index is -0.361. The summed E-state index contributed by atoms with van der Waals surface area (Å²) >= 11 is 0. The first-order valence-electron chi connectivity index (χ1n) is 7.31. The van der Waals surface area contributed by atoms with Crippen molar-refractivity contribution in [3.63, 3.8) is 0 Å². The van der Waals surface area contributed by atoms with E-state index in [1.165, 1.54) is 19.4 Å².